The molecule has 8 nitrogen and oxygen atoms in total. The summed E-state index contributed by atoms with van der Waals surface area (Å²) in [7, 11) is -3.87. The number of piperidine rings is 1. The van der Waals surface area contributed by atoms with Crippen LogP contribution < -0.4 is 5.32 Å². The third-order valence-electron chi connectivity index (χ3n) is 5.97. The maximum absolute atomic E-state index is 13.1. The molecule has 3 heterocycles. The largest absolute Gasteiger partial charge is 0.376 e. The number of carbonyl (C=O) groups excluding carboxylic acids is 2. The molecule has 0 aliphatic carbocycles. The number of fused-ring (bicyclic) bond motifs is 1. The van der Waals surface area contributed by atoms with Gasteiger partial charge in [-0.25, -0.2) is 8.42 Å². The van der Waals surface area contributed by atoms with E-state index in [0.717, 1.165) is 45.2 Å². The standard InChI is InChI=1S/C22H29N3O5S/c26-21(23-13-17-7-6-12-30-17)16-31(28,29)20-14-25(19-9-3-2-8-18(19)20)15-22(27)24-10-4-1-5-11-24/h2-3,8-9,14,17H,1,4-7,10-13,15-16H2,(H,23,26)/t17-/m1/s1. The highest BCUT2D eigenvalue weighted by molar-refractivity contribution is 7.92. The Bertz CT molecular complexity index is 1050. The van der Waals surface area contributed by atoms with Gasteiger partial charge in [-0.1, -0.05) is 18.2 Å². The lowest BCUT2D eigenvalue weighted by Gasteiger charge is -2.27. The highest BCUT2D eigenvalue weighted by atomic mass is 32.2. The SMILES string of the molecule is O=C(CS(=O)(=O)c1cn(CC(=O)N2CCCCC2)c2ccccc12)NC[C@H]1CCCO1. The number of amides is 2. The molecule has 2 aliphatic rings. The summed E-state index contributed by atoms with van der Waals surface area (Å²) in [4.78, 5) is 27.0. The average molecular weight is 448 g/mol. The van der Waals surface area contributed by atoms with Crippen LogP contribution in [0.25, 0.3) is 10.9 Å². The van der Waals surface area contributed by atoms with Gasteiger partial charge in [-0.3, -0.25) is 9.59 Å². The van der Waals surface area contributed by atoms with E-state index in [2.05, 4.69) is 5.32 Å². The molecule has 0 saturated carbocycles. The van der Waals surface area contributed by atoms with Crippen molar-refractivity contribution in [2.24, 2.45) is 0 Å². The van der Waals surface area contributed by atoms with Crippen molar-refractivity contribution in [2.45, 2.75) is 49.6 Å². The topological polar surface area (TPSA) is 97.7 Å². The Morgan fingerprint density at radius 2 is 1.87 bits per heavy atom. The first-order valence-electron chi connectivity index (χ1n) is 10.9. The molecule has 31 heavy (non-hydrogen) atoms. The van der Waals surface area contributed by atoms with Crippen molar-refractivity contribution in [2.75, 3.05) is 32.0 Å². The Kier molecular flexibility index (Phi) is 6.62. The lowest BCUT2D eigenvalue weighted by molar-refractivity contribution is -0.132. The Morgan fingerprint density at radius 1 is 1.10 bits per heavy atom. The minimum atomic E-state index is -3.87. The predicted octanol–water partition coefficient (Wildman–Crippen LogP) is 1.72. The Hall–Kier alpha value is -2.39. The van der Waals surface area contributed by atoms with Crippen LogP contribution in [0.3, 0.4) is 0 Å². The molecule has 168 valence electrons. The number of nitrogens with zero attached hydrogens (tertiary/aromatic N) is 2. The number of sulfone groups is 1. The number of rotatable bonds is 7. The van der Waals surface area contributed by atoms with Gasteiger partial charge in [0.05, 0.1) is 11.0 Å². The fourth-order valence-electron chi connectivity index (χ4n) is 4.32. The molecule has 2 aromatic rings. The van der Waals surface area contributed by atoms with E-state index >= 15 is 0 Å². The van der Waals surface area contributed by atoms with Gasteiger partial charge < -0.3 is 19.5 Å². The minimum absolute atomic E-state index is 0.0151. The molecule has 2 fully saturated rings. The Labute approximate surface area is 182 Å². The number of para-hydroxylation sites is 1. The third-order valence-corrected chi connectivity index (χ3v) is 7.61. The zero-order valence-corrected chi connectivity index (χ0v) is 18.4. The molecule has 1 aromatic heterocycles. The first kappa shape index (κ1) is 21.8. The van der Waals surface area contributed by atoms with E-state index in [0.29, 0.717) is 24.1 Å². The third kappa shape index (κ3) is 5.10. The zero-order chi connectivity index (χ0) is 21.8. The number of carbonyl (C=O) groups is 2. The molecule has 2 aliphatic heterocycles. The first-order valence-corrected chi connectivity index (χ1v) is 12.6. The first-order chi connectivity index (χ1) is 14.9. The van der Waals surface area contributed by atoms with E-state index in [1.54, 1.807) is 22.8 Å². The summed E-state index contributed by atoms with van der Waals surface area (Å²) >= 11 is 0. The van der Waals surface area contributed by atoms with Crippen molar-refractivity contribution in [1.29, 1.82) is 0 Å². The summed E-state index contributed by atoms with van der Waals surface area (Å²) in [6, 6.07) is 7.09. The van der Waals surface area contributed by atoms with Gasteiger partial charge >= 0.3 is 0 Å². The normalized spacial score (nSPS) is 19.6. The predicted molar refractivity (Wildman–Crippen MR) is 116 cm³/mol. The number of aromatic nitrogens is 1. The monoisotopic (exact) mass is 447 g/mol. The molecule has 0 spiro atoms. The molecule has 9 heteroatoms. The lowest BCUT2D eigenvalue weighted by atomic mass is 10.1. The molecule has 1 aromatic carbocycles. The van der Waals surface area contributed by atoms with Crippen molar-refractivity contribution >= 4 is 32.6 Å². The highest BCUT2D eigenvalue weighted by Crippen LogP contribution is 2.27. The van der Waals surface area contributed by atoms with E-state index in [1.165, 1.54) is 6.20 Å². The van der Waals surface area contributed by atoms with Gasteiger partial charge in [0.2, 0.25) is 11.8 Å². The molecule has 2 saturated heterocycles. The molecular weight excluding hydrogens is 418 g/mol. The van der Waals surface area contributed by atoms with Crippen LogP contribution in [0.2, 0.25) is 0 Å². The van der Waals surface area contributed by atoms with Crippen LogP contribution in [0.1, 0.15) is 32.1 Å². The number of ether oxygens (including phenoxy) is 1. The van der Waals surface area contributed by atoms with Crippen molar-refractivity contribution < 1.29 is 22.7 Å². The maximum atomic E-state index is 13.1. The second kappa shape index (κ2) is 9.40. The average Bonchev–Trinajstić information content (AvgIpc) is 3.41. The lowest BCUT2D eigenvalue weighted by Crippen LogP contribution is -2.37. The molecular formula is C22H29N3O5S. The van der Waals surface area contributed by atoms with Crippen molar-refractivity contribution in [3.8, 4) is 0 Å². The van der Waals surface area contributed by atoms with Crippen LogP contribution in [0.15, 0.2) is 35.4 Å². The molecule has 0 unspecified atom stereocenters. The van der Waals surface area contributed by atoms with Gasteiger partial charge in [0.1, 0.15) is 12.3 Å². The van der Waals surface area contributed by atoms with E-state index in [1.807, 2.05) is 11.0 Å². The van der Waals surface area contributed by atoms with Crippen LogP contribution in [0.5, 0.6) is 0 Å². The smallest absolute Gasteiger partial charge is 0.242 e. The maximum Gasteiger partial charge on any atom is 0.242 e. The van der Waals surface area contributed by atoms with Gasteiger partial charge in [0, 0.05) is 43.3 Å². The van der Waals surface area contributed by atoms with Gasteiger partial charge in [0.25, 0.3) is 0 Å². The summed E-state index contributed by atoms with van der Waals surface area (Å²) in [6.45, 7) is 2.57. The van der Waals surface area contributed by atoms with Crippen molar-refractivity contribution in [3.05, 3.63) is 30.5 Å². The number of nitrogens with one attached hydrogen (secondary N) is 1. The van der Waals surface area contributed by atoms with Crippen LogP contribution >= 0.6 is 0 Å². The molecule has 1 atom stereocenters. The van der Waals surface area contributed by atoms with Crippen LogP contribution in [0, 0.1) is 0 Å². The molecule has 0 radical (unpaired) electrons. The summed E-state index contributed by atoms with van der Waals surface area (Å²) in [5, 5.41) is 3.20. The Morgan fingerprint density at radius 3 is 2.61 bits per heavy atom. The van der Waals surface area contributed by atoms with Crippen molar-refractivity contribution in [1.82, 2.24) is 14.8 Å². The van der Waals surface area contributed by atoms with Crippen LogP contribution in [0.4, 0.5) is 0 Å². The number of hydrogen-bond donors (Lipinski definition) is 1. The fraction of sp³-hybridized carbons (Fsp3) is 0.545. The van der Waals surface area contributed by atoms with Crippen molar-refractivity contribution in [3.63, 3.8) is 0 Å². The van der Waals surface area contributed by atoms with E-state index < -0.39 is 21.5 Å². The summed E-state index contributed by atoms with van der Waals surface area (Å²) in [5.41, 5.74) is 0.672. The minimum Gasteiger partial charge on any atom is -0.376 e. The molecule has 0 bridgehead atoms. The van der Waals surface area contributed by atoms with Gasteiger partial charge in [-0.05, 0) is 38.2 Å². The zero-order valence-electron chi connectivity index (χ0n) is 17.6. The number of likely N-dealkylation sites (tertiary alicyclic amines) is 1. The van der Waals surface area contributed by atoms with Gasteiger partial charge in [0.15, 0.2) is 9.84 Å². The number of benzene rings is 1. The highest BCUT2D eigenvalue weighted by Gasteiger charge is 2.26. The fourth-order valence-corrected chi connectivity index (χ4v) is 5.71. The molecule has 1 N–H and O–H groups in total. The molecule has 4 rings (SSSR count). The summed E-state index contributed by atoms with van der Waals surface area (Å²) in [5.74, 6) is -1.19. The summed E-state index contributed by atoms with van der Waals surface area (Å²) in [6.07, 6.45) is 6.40. The summed E-state index contributed by atoms with van der Waals surface area (Å²) < 4.78 is 33.3. The van der Waals surface area contributed by atoms with Gasteiger partial charge in [-0.15, -0.1) is 0 Å². The number of hydrogen-bond acceptors (Lipinski definition) is 5. The second-order valence-corrected chi connectivity index (χ2v) is 10.2. The van der Waals surface area contributed by atoms with Crippen LogP contribution in [-0.4, -0.2) is 67.8 Å². The molecule has 2 amide bonds. The van der Waals surface area contributed by atoms with E-state index in [4.69, 9.17) is 4.74 Å². The van der Waals surface area contributed by atoms with E-state index in [9.17, 15) is 18.0 Å². The Balaban J connectivity index is 1.51. The second-order valence-electron chi connectivity index (χ2n) is 8.28. The van der Waals surface area contributed by atoms with Gasteiger partial charge in [-0.2, -0.15) is 0 Å². The quantitative estimate of drug-likeness (QED) is 0.697. The van der Waals surface area contributed by atoms with Crippen LogP contribution in [-0.2, 0) is 30.7 Å². The van der Waals surface area contributed by atoms with E-state index in [-0.39, 0.29) is 23.5 Å².